The minimum absolute atomic E-state index is 0.115. The molecule has 1 N–H and O–H groups in total. The average Bonchev–Trinajstić information content (AvgIpc) is 1.95. The van der Waals surface area contributed by atoms with Crippen molar-refractivity contribution in [3.8, 4) is 0 Å². The molecule has 0 amide bonds. The van der Waals surface area contributed by atoms with Crippen molar-refractivity contribution in [2.75, 3.05) is 5.75 Å². The molecule has 13 heavy (non-hydrogen) atoms. The zero-order valence-electron chi connectivity index (χ0n) is 7.52. The molecule has 0 aliphatic heterocycles. The number of unbranched alkanes of at least 4 members (excludes halogenated alkanes) is 3. The van der Waals surface area contributed by atoms with Gasteiger partial charge in [-0.05, 0) is 6.42 Å². The fourth-order valence-electron chi connectivity index (χ4n) is 0.878. The number of hydrogen-bond donors (Lipinski definition) is 2. The highest BCUT2D eigenvalue weighted by Gasteiger charge is 2.09. The molecule has 0 unspecified atom stereocenters. The first kappa shape index (κ1) is 12.9. The van der Waals surface area contributed by atoms with Crippen molar-refractivity contribution >= 4 is 20.9 Å². The highest BCUT2D eigenvalue weighted by molar-refractivity contribution is 7.98. The van der Waals surface area contributed by atoms with Crippen molar-refractivity contribution in [2.24, 2.45) is 0 Å². The van der Waals surface area contributed by atoms with Crippen LogP contribution in [0.3, 0.4) is 0 Å². The normalized spacial score (nSPS) is 12.2. The number of hydrogen-bond acceptors (Lipinski definition) is 4. The number of sulfonamides is 1. The van der Waals surface area contributed by atoms with E-state index in [4.69, 9.17) is 0 Å². The van der Waals surface area contributed by atoms with Gasteiger partial charge in [-0.15, -0.1) is 4.13 Å². The summed E-state index contributed by atoms with van der Waals surface area (Å²) < 4.78 is 43.4. The summed E-state index contributed by atoms with van der Waals surface area (Å²) in [6.45, 7) is 2.02. The summed E-state index contributed by atoms with van der Waals surface area (Å²) in [5.41, 5.74) is 0. The zero-order valence-corrected chi connectivity index (χ0v) is 9.23. The van der Waals surface area contributed by atoms with Gasteiger partial charge in [0.15, 0.2) is 0 Å². The molecule has 0 radical (unpaired) electrons. The highest BCUT2D eigenvalue weighted by atomic mass is 32.3. The summed E-state index contributed by atoms with van der Waals surface area (Å²) in [7, 11) is -6.66. The van der Waals surface area contributed by atoms with E-state index >= 15 is 0 Å². The van der Waals surface area contributed by atoms with Crippen molar-refractivity contribution in [2.45, 2.75) is 32.6 Å². The second-order valence-electron chi connectivity index (χ2n) is 2.73. The van der Waals surface area contributed by atoms with Crippen LogP contribution in [-0.4, -0.2) is 22.6 Å². The third-order valence-corrected chi connectivity index (χ3v) is 4.02. The van der Waals surface area contributed by atoms with Gasteiger partial charge in [-0.25, -0.2) is 16.8 Å². The van der Waals surface area contributed by atoms with E-state index in [2.05, 4.69) is 0 Å². The first-order valence-corrected chi connectivity index (χ1v) is 6.95. The standard InChI is InChI=1S/C6H15NO4S2/c1-2-3-4-5-6-13(10,11)7-12(8)9/h12H,2-6H2,1H3,(H,7,8,9). The third kappa shape index (κ3) is 8.20. The molecule has 0 spiro atoms. The summed E-state index contributed by atoms with van der Waals surface area (Å²) >= 11 is 0. The van der Waals surface area contributed by atoms with Crippen LogP contribution in [0.15, 0.2) is 0 Å². The Bertz CT molecular complexity index is 286. The van der Waals surface area contributed by atoms with E-state index in [-0.39, 0.29) is 5.75 Å². The number of nitrogens with one attached hydrogen (secondary N) is 1. The summed E-state index contributed by atoms with van der Waals surface area (Å²) in [6, 6.07) is 0. The molecule has 0 saturated carbocycles. The quantitative estimate of drug-likeness (QED) is 0.476. The van der Waals surface area contributed by atoms with Crippen LogP contribution in [0, 0.1) is 0 Å². The van der Waals surface area contributed by atoms with Crippen molar-refractivity contribution in [1.82, 2.24) is 4.13 Å². The fourth-order valence-corrected chi connectivity index (χ4v) is 2.74. The fraction of sp³-hybridized carbons (Fsp3) is 1.00. The van der Waals surface area contributed by atoms with Gasteiger partial charge in [-0.2, -0.15) is 0 Å². The molecule has 0 fully saturated rings. The monoisotopic (exact) mass is 229 g/mol. The lowest BCUT2D eigenvalue weighted by molar-refractivity contribution is 0.580. The maximum Gasteiger partial charge on any atom is 0.224 e. The highest BCUT2D eigenvalue weighted by Crippen LogP contribution is 2.00. The van der Waals surface area contributed by atoms with Gasteiger partial charge in [-0.1, -0.05) is 26.2 Å². The molecule has 7 heteroatoms. The Morgan fingerprint density at radius 3 is 2.23 bits per heavy atom. The average molecular weight is 229 g/mol. The molecule has 5 nitrogen and oxygen atoms in total. The lowest BCUT2D eigenvalue weighted by Crippen LogP contribution is -2.24. The van der Waals surface area contributed by atoms with Crippen molar-refractivity contribution in [3.63, 3.8) is 0 Å². The van der Waals surface area contributed by atoms with Gasteiger partial charge in [0.1, 0.15) is 0 Å². The van der Waals surface area contributed by atoms with Gasteiger partial charge in [-0.3, -0.25) is 0 Å². The van der Waals surface area contributed by atoms with Gasteiger partial charge < -0.3 is 0 Å². The Balaban J connectivity index is 3.77. The predicted octanol–water partition coefficient (Wildman–Crippen LogP) is 0.0125. The summed E-state index contributed by atoms with van der Waals surface area (Å²) in [4.78, 5) is 0. The Hall–Kier alpha value is -0.140. The zero-order chi connectivity index (χ0) is 10.3. The van der Waals surface area contributed by atoms with Crippen LogP contribution in [-0.2, 0) is 20.9 Å². The first-order valence-electron chi connectivity index (χ1n) is 4.12. The Morgan fingerprint density at radius 1 is 1.15 bits per heavy atom. The van der Waals surface area contributed by atoms with Crippen molar-refractivity contribution in [3.05, 3.63) is 0 Å². The Labute approximate surface area is 80.7 Å². The van der Waals surface area contributed by atoms with Crippen molar-refractivity contribution in [1.29, 1.82) is 0 Å². The topological polar surface area (TPSA) is 80.3 Å². The molecule has 0 bridgehead atoms. The van der Waals surface area contributed by atoms with Crippen LogP contribution in [0.25, 0.3) is 0 Å². The largest absolute Gasteiger partial charge is 0.224 e. The molecule has 0 aromatic rings. The van der Waals surface area contributed by atoms with E-state index in [1.807, 2.05) is 6.92 Å². The Kier molecular flexibility index (Phi) is 6.27. The maximum atomic E-state index is 10.9. The summed E-state index contributed by atoms with van der Waals surface area (Å²) in [5, 5.41) is 0. The molecule has 0 heterocycles. The lowest BCUT2D eigenvalue weighted by Gasteiger charge is -2.00. The van der Waals surface area contributed by atoms with Crippen LogP contribution in [0.5, 0.6) is 0 Å². The molecule has 0 aliphatic rings. The smallest absolute Gasteiger partial charge is 0.215 e. The minimum atomic E-state index is -3.61. The van der Waals surface area contributed by atoms with Crippen LogP contribution in [0.1, 0.15) is 32.6 Å². The maximum absolute atomic E-state index is 10.9. The van der Waals surface area contributed by atoms with Crippen LogP contribution in [0.2, 0.25) is 0 Å². The molecule has 80 valence electrons. The van der Waals surface area contributed by atoms with E-state index in [0.29, 0.717) is 6.42 Å². The van der Waals surface area contributed by atoms with E-state index < -0.39 is 20.9 Å². The van der Waals surface area contributed by atoms with Gasteiger partial charge in [0.05, 0.1) is 5.75 Å². The summed E-state index contributed by atoms with van der Waals surface area (Å²) in [5.74, 6) is -0.115. The van der Waals surface area contributed by atoms with E-state index in [0.717, 1.165) is 19.3 Å². The third-order valence-electron chi connectivity index (χ3n) is 1.48. The second kappa shape index (κ2) is 6.33. The predicted molar refractivity (Wildman–Crippen MR) is 51.4 cm³/mol. The van der Waals surface area contributed by atoms with Crippen molar-refractivity contribution < 1.29 is 16.8 Å². The van der Waals surface area contributed by atoms with Crippen LogP contribution >= 0.6 is 0 Å². The molecule has 0 saturated heterocycles. The SMILES string of the molecule is CCCCCCS(=O)(=O)N[SH](=O)=O. The van der Waals surface area contributed by atoms with Gasteiger partial charge in [0, 0.05) is 0 Å². The molecular formula is C6H15NO4S2. The van der Waals surface area contributed by atoms with E-state index in [9.17, 15) is 16.8 Å². The van der Waals surface area contributed by atoms with Crippen LogP contribution < -0.4 is 4.13 Å². The first-order chi connectivity index (χ1) is 5.98. The number of rotatable bonds is 7. The molecule has 0 aliphatic carbocycles. The Morgan fingerprint density at radius 2 is 1.77 bits per heavy atom. The number of thiol groups is 1. The molecular weight excluding hydrogens is 214 g/mol. The molecule has 0 rings (SSSR count). The van der Waals surface area contributed by atoms with E-state index in [1.54, 1.807) is 0 Å². The second-order valence-corrected chi connectivity index (χ2v) is 5.61. The van der Waals surface area contributed by atoms with Crippen LogP contribution in [0.4, 0.5) is 0 Å². The molecule has 0 aromatic carbocycles. The van der Waals surface area contributed by atoms with Gasteiger partial charge >= 0.3 is 0 Å². The van der Waals surface area contributed by atoms with E-state index in [1.165, 1.54) is 4.13 Å². The molecule has 0 aromatic heterocycles. The summed E-state index contributed by atoms with van der Waals surface area (Å²) in [6.07, 6.45) is 3.31. The lowest BCUT2D eigenvalue weighted by atomic mass is 10.2. The molecule has 0 atom stereocenters. The van der Waals surface area contributed by atoms with Gasteiger partial charge in [0.25, 0.3) is 0 Å². The minimum Gasteiger partial charge on any atom is -0.215 e. The van der Waals surface area contributed by atoms with Gasteiger partial charge in [0.2, 0.25) is 20.9 Å².